The van der Waals surface area contributed by atoms with Crippen molar-refractivity contribution in [2.45, 2.75) is 40.0 Å². The molecule has 3 nitrogen and oxygen atoms in total. The van der Waals surface area contributed by atoms with E-state index in [-0.39, 0.29) is 0 Å². The molecule has 86 valence electrons. The smallest absolute Gasteiger partial charge is 0.157 e. The Bertz CT molecular complexity index is 529. The third-order valence-corrected chi connectivity index (χ3v) is 3.59. The standard InChI is InChI=1S/C12H16BrN3/c1-5-9-8(4)6-10-14-12(7(2)3)15-16(10)11(9)13/h6-7H,5H2,1-4H3. The van der Waals surface area contributed by atoms with E-state index in [0.29, 0.717) is 5.92 Å². The van der Waals surface area contributed by atoms with Crippen molar-refractivity contribution in [2.24, 2.45) is 0 Å². The number of hydrogen-bond acceptors (Lipinski definition) is 2. The second-order valence-corrected chi connectivity index (χ2v) is 5.10. The fraction of sp³-hybridized carbons (Fsp3) is 0.500. The van der Waals surface area contributed by atoms with Gasteiger partial charge in [0.15, 0.2) is 11.5 Å². The highest BCUT2D eigenvalue weighted by molar-refractivity contribution is 9.10. The van der Waals surface area contributed by atoms with Crippen LogP contribution in [0.4, 0.5) is 0 Å². The normalized spacial score (nSPS) is 11.6. The first kappa shape index (κ1) is 11.6. The topological polar surface area (TPSA) is 30.2 Å². The number of fused-ring (bicyclic) bond motifs is 1. The van der Waals surface area contributed by atoms with Crippen molar-refractivity contribution >= 4 is 21.6 Å². The van der Waals surface area contributed by atoms with Gasteiger partial charge in [0.05, 0.1) is 0 Å². The van der Waals surface area contributed by atoms with Gasteiger partial charge in [0.2, 0.25) is 0 Å². The quantitative estimate of drug-likeness (QED) is 0.789. The largest absolute Gasteiger partial charge is 0.212 e. The Hall–Kier alpha value is -0.900. The number of aryl methyl sites for hydroxylation is 1. The SMILES string of the molecule is CCc1c(C)cc2nc(C(C)C)nn2c1Br. The summed E-state index contributed by atoms with van der Waals surface area (Å²) in [5.74, 6) is 1.26. The maximum atomic E-state index is 4.53. The third kappa shape index (κ3) is 1.75. The molecule has 0 aromatic carbocycles. The van der Waals surface area contributed by atoms with Crippen molar-refractivity contribution in [2.75, 3.05) is 0 Å². The Labute approximate surface area is 104 Å². The van der Waals surface area contributed by atoms with Gasteiger partial charge in [-0.3, -0.25) is 0 Å². The molecule has 0 bridgehead atoms. The van der Waals surface area contributed by atoms with Crippen molar-refractivity contribution in [1.82, 2.24) is 14.6 Å². The van der Waals surface area contributed by atoms with Crippen LogP contribution in [-0.4, -0.2) is 14.6 Å². The molecule has 2 aromatic heterocycles. The zero-order valence-electron chi connectivity index (χ0n) is 10.1. The highest BCUT2D eigenvalue weighted by Crippen LogP contribution is 2.23. The molecule has 0 spiro atoms. The van der Waals surface area contributed by atoms with Gasteiger partial charge < -0.3 is 0 Å². The van der Waals surface area contributed by atoms with Crippen LogP contribution in [0.15, 0.2) is 10.7 Å². The molecule has 0 unspecified atom stereocenters. The predicted molar refractivity (Wildman–Crippen MR) is 68.9 cm³/mol. The van der Waals surface area contributed by atoms with E-state index >= 15 is 0 Å². The number of hydrogen-bond donors (Lipinski definition) is 0. The van der Waals surface area contributed by atoms with E-state index in [4.69, 9.17) is 0 Å². The molecule has 0 saturated carbocycles. The molecule has 2 aromatic rings. The molecule has 0 N–H and O–H groups in total. The van der Waals surface area contributed by atoms with E-state index in [2.05, 4.69) is 59.8 Å². The lowest BCUT2D eigenvalue weighted by Gasteiger charge is -2.06. The zero-order valence-corrected chi connectivity index (χ0v) is 11.7. The molecule has 0 atom stereocenters. The average molecular weight is 282 g/mol. The third-order valence-electron chi connectivity index (χ3n) is 2.78. The van der Waals surface area contributed by atoms with Gasteiger partial charge in [0.1, 0.15) is 4.60 Å². The summed E-state index contributed by atoms with van der Waals surface area (Å²) >= 11 is 3.62. The van der Waals surface area contributed by atoms with Gasteiger partial charge in [-0.1, -0.05) is 20.8 Å². The molecule has 0 radical (unpaired) electrons. The maximum Gasteiger partial charge on any atom is 0.157 e. The minimum Gasteiger partial charge on any atom is -0.212 e. The highest BCUT2D eigenvalue weighted by atomic mass is 79.9. The van der Waals surface area contributed by atoms with Crippen molar-refractivity contribution < 1.29 is 0 Å². The summed E-state index contributed by atoms with van der Waals surface area (Å²) in [5.41, 5.74) is 3.49. The van der Waals surface area contributed by atoms with E-state index in [9.17, 15) is 0 Å². The Morgan fingerprint density at radius 2 is 2.12 bits per heavy atom. The Morgan fingerprint density at radius 3 is 2.69 bits per heavy atom. The van der Waals surface area contributed by atoms with Crippen molar-refractivity contribution in [3.8, 4) is 0 Å². The van der Waals surface area contributed by atoms with E-state index < -0.39 is 0 Å². The minimum absolute atomic E-state index is 0.359. The first-order valence-corrected chi connectivity index (χ1v) is 6.38. The van der Waals surface area contributed by atoms with Crippen LogP contribution in [-0.2, 0) is 6.42 Å². The van der Waals surface area contributed by atoms with Crippen molar-refractivity contribution in [3.05, 3.63) is 27.6 Å². The van der Waals surface area contributed by atoms with Crippen LogP contribution in [0, 0.1) is 6.92 Å². The molecular weight excluding hydrogens is 266 g/mol. The van der Waals surface area contributed by atoms with Crippen LogP contribution in [0.3, 0.4) is 0 Å². The van der Waals surface area contributed by atoms with Gasteiger partial charge in [0, 0.05) is 5.92 Å². The van der Waals surface area contributed by atoms with Gasteiger partial charge in [-0.25, -0.2) is 9.50 Å². The van der Waals surface area contributed by atoms with Crippen LogP contribution in [0.1, 0.15) is 43.6 Å². The Balaban J connectivity index is 2.73. The fourth-order valence-corrected chi connectivity index (χ4v) is 2.67. The van der Waals surface area contributed by atoms with Gasteiger partial charge >= 0.3 is 0 Å². The number of aromatic nitrogens is 3. The zero-order chi connectivity index (χ0) is 11.9. The highest BCUT2D eigenvalue weighted by Gasteiger charge is 2.13. The van der Waals surface area contributed by atoms with Crippen molar-refractivity contribution in [3.63, 3.8) is 0 Å². The molecule has 4 heteroatoms. The average Bonchev–Trinajstić information content (AvgIpc) is 2.62. The van der Waals surface area contributed by atoms with Crippen LogP contribution in [0.5, 0.6) is 0 Å². The summed E-state index contributed by atoms with van der Waals surface area (Å²) in [6, 6.07) is 2.10. The van der Waals surface area contributed by atoms with Crippen LogP contribution in [0.25, 0.3) is 5.65 Å². The van der Waals surface area contributed by atoms with Crippen LogP contribution in [0.2, 0.25) is 0 Å². The number of nitrogens with zero attached hydrogens (tertiary/aromatic N) is 3. The van der Waals surface area contributed by atoms with Gasteiger partial charge in [-0.15, -0.1) is 5.10 Å². The van der Waals surface area contributed by atoms with Crippen LogP contribution < -0.4 is 0 Å². The van der Waals surface area contributed by atoms with E-state index in [0.717, 1.165) is 22.5 Å². The fourth-order valence-electron chi connectivity index (χ4n) is 1.82. The first-order valence-electron chi connectivity index (χ1n) is 5.59. The molecular formula is C12H16BrN3. The summed E-state index contributed by atoms with van der Waals surface area (Å²) in [5, 5.41) is 4.52. The van der Waals surface area contributed by atoms with E-state index in [1.54, 1.807) is 0 Å². The number of pyridine rings is 1. The molecule has 0 aliphatic rings. The number of halogens is 1. The molecule has 0 aliphatic heterocycles. The van der Waals surface area contributed by atoms with Gasteiger partial charge in [-0.2, -0.15) is 0 Å². The Kier molecular flexibility index (Phi) is 3.02. The lowest BCUT2D eigenvalue weighted by molar-refractivity contribution is 0.758. The summed E-state index contributed by atoms with van der Waals surface area (Å²) in [7, 11) is 0. The lowest BCUT2D eigenvalue weighted by atomic mass is 10.1. The van der Waals surface area contributed by atoms with E-state index in [1.807, 2.05) is 4.52 Å². The predicted octanol–water partition coefficient (Wildman–Crippen LogP) is 3.49. The summed E-state index contributed by atoms with van der Waals surface area (Å²) in [4.78, 5) is 4.53. The number of rotatable bonds is 2. The minimum atomic E-state index is 0.359. The monoisotopic (exact) mass is 281 g/mol. The molecule has 0 saturated heterocycles. The Morgan fingerprint density at radius 1 is 1.44 bits per heavy atom. The van der Waals surface area contributed by atoms with Gasteiger partial charge in [-0.05, 0) is 46.5 Å². The molecule has 0 aliphatic carbocycles. The molecule has 0 amide bonds. The summed E-state index contributed by atoms with van der Waals surface area (Å²) in [6.07, 6.45) is 0.999. The summed E-state index contributed by atoms with van der Waals surface area (Å²) in [6.45, 7) is 8.49. The molecule has 2 heterocycles. The van der Waals surface area contributed by atoms with Crippen molar-refractivity contribution in [1.29, 1.82) is 0 Å². The van der Waals surface area contributed by atoms with Gasteiger partial charge in [0.25, 0.3) is 0 Å². The summed E-state index contributed by atoms with van der Waals surface area (Å²) < 4.78 is 2.92. The van der Waals surface area contributed by atoms with E-state index in [1.165, 1.54) is 11.1 Å². The second kappa shape index (κ2) is 4.17. The second-order valence-electron chi connectivity index (χ2n) is 4.34. The maximum absolute atomic E-state index is 4.53. The first-order chi connectivity index (χ1) is 7.54. The molecule has 16 heavy (non-hydrogen) atoms. The molecule has 0 fully saturated rings. The lowest BCUT2D eigenvalue weighted by Crippen LogP contribution is -1.99. The van der Waals surface area contributed by atoms with Crippen LogP contribution >= 0.6 is 15.9 Å². The molecule has 2 rings (SSSR count).